The maximum absolute atomic E-state index is 12.4. The number of nitriles is 1. The highest BCUT2D eigenvalue weighted by atomic mass is 19.3. The summed E-state index contributed by atoms with van der Waals surface area (Å²) in [4.78, 5) is 16.3. The van der Waals surface area contributed by atoms with Crippen molar-refractivity contribution >= 4 is 11.8 Å². The highest BCUT2D eigenvalue weighted by molar-refractivity contribution is 5.54. The monoisotopic (exact) mass is 433 g/mol. The minimum Gasteiger partial charge on any atom is -0.471 e. The molecule has 0 radical (unpaired) electrons. The lowest BCUT2D eigenvalue weighted by Crippen LogP contribution is -2.41. The second-order valence-corrected chi connectivity index (χ2v) is 8.10. The quantitative estimate of drug-likeness (QED) is 0.575. The van der Waals surface area contributed by atoms with Crippen LogP contribution in [0.15, 0.2) is 18.7 Å². The minimum absolute atomic E-state index is 0.0535. The van der Waals surface area contributed by atoms with E-state index in [1.165, 1.54) is 18.7 Å². The van der Waals surface area contributed by atoms with Gasteiger partial charge in [-0.25, -0.2) is 23.7 Å². The van der Waals surface area contributed by atoms with Crippen LogP contribution >= 0.6 is 0 Å². The van der Waals surface area contributed by atoms with Gasteiger partial charge in [0.2, 0.25) is 11.8 Å². The van der Waals surface area contributed by atoms with Gasteiger partial charge in [-0.2, -0.15) is 10.2 Å². The molecular formula is C20H25F2N7O2. The Labute approximate surface area is 178 Å². The zero-order valence-corrected chi connectivity index (χ0v) is 17.3. The van der Waals surface area contributed by atoms with Crippen LogP contribution < -0.4 is 15.4 Å². The fraction of sp³-hybridized carbons (Fsp3) is 0.550. The van der Waals surface area contributed by atoms with Crippen molar-refractivity contribution in [2.75, 3.05) is 17.2 Å². The number of aliphatic hydroxyl groups is 1. The van der Waals surface area contributed by atoms with Gasteiger partial charge in [-0.15, -0.1) is 0 Å². The molecule has 0 aromatic carbocycles. The standard InChI is InChI=1S/C20H25F2N7O2/c1-20(2)5-14(3-4-15(20)30)28-17-12(6-23)8-25-19(29-17)26-9-13-7-24-11-27-18(13)31-10-16(21)22/h7-8,11,14-16,30H,3-5,9-10H2,1-2H3,(H2,25,26,28,29)/t14-,15+/m1/s1. The van der Waals surface area contributed by atoms with Crippen LogP contribution in [0.4, 0.5) is 20.5 Å². The predicted octanol–water partition coefficient (Wildman–Crippen LogP) is 2.75. The van der Waals surface area contributed by atoms with E-state index < -0.39 is 13.0 Å². The SMILES string of the molecule is CC1(C)C[C@H](Nc2nc(NCc3cncnc3OCC(F)F)ncc2C#N)CC[C@@H]1O. The van der Waals surface area contributed by atoms with E-state index in [4.69, 9.17) is 4.74 Å². The van der Waals surface area contributed by atoms with Gasteiger partial charge in [0.1, 0.15) is 23.8 Å². The van der Waals surface area contributed by atoms with E-state index in [-0.39, 0.29) is 35.9 Å². The van der Waals surface area contributed by atoms with Gasteiger partial charge in [-0.3, -0.25) is 0 Å². The third-order valence-electron chi connectivity index (χ3n) is 5.24. The summed E-state index contributed by atoms with van der Waals surface area (Å²) in [6, 6.07) is 2.14. The van der Waals surface area contributed by atoms with Gasteiger partial charge in [0.25, 0.3) is 6.43 Å². The molecule has 1 aliphatic carbocycles. The van der Waals surface area contributed by atoms with Crippen LogP contribution in [0.2, 0.25) is 0 Å². The summed E-state index contributed by atoms with van der Waals surface area (Å²) in [6.07, 6.45) is 3.27. The Bertz CT molecular complexity index is 936. The number of halogens is 2. The first-order valence-corrected chi connectivity index (χ1v) is 9.94. The van der Waals surface area contributed by atoms with Crippen LogP contribution in [0.1, 0.15) is 44.2 Å². The Hall–Kier alpha value is -3.13. The first-order valence-electron chi connectivity index (χ1n) is 9.94. The molecule has 1 saturated carbocycles. The second kappa shape index (κ2) is 9.78. The number of rotatable bonds is 8. The Morgan fingerprint density at radius 3 is 2.84 bits per heavy atom. The number of ether oxygens (including phenoxy) is 1. The molecule has 2 aromatic rings. The van der Waals surface area contributed by atoms with Gasteiger partial charge in [0, 0.05) is 18.8 Å². The summed E-state index contributed by atoms with van der Waals surface area (Å²) in [5.41, 5.74) is 0.533. The Kier molecular flexibility index (Phi) is 7.12. The molecule has 0 saturated heterocycles. The molecule has 2 aromatic heterocycles. The molecule has 0 amide bonds. The van der Waals surface area contributed by atoms with Crippen LogP contribution in [0.25, 0.3) is 0 Å². The molecule has 1 fully saturated rings. The van der Waals surface area contributed by atoms with Gasteiger partial charge in [-0.1, -0.05) is 13.8 Å². The number of aliphatic hydroxyl groups excluding tert-OH is 1. The van der Waals surface area contributed by atoms with Crippen LogP contribution in [-0.4, -0.2) is 50.2 Å². The summed E-state index contributed by atoms with van der Waals surface area (Å²) in [6.45, 7) is 3.41. The highest BCUT2D eigenvalue weighted by Gasteiger charge is 2.35. The van der Waals surface area contributed by atoms with E-state index >= 15 is 0 Å². The average molecular weight is 433 g/mol. The molecule has 0 bridgehead atoms. The molecule has 11 heteroatoms. The average Bonchev–Trinajstić information content (AvgIpc) is 2.74. The number of nitrogens with zero attached hydrogens (tertiary/aromatic N) is 5. The van der Waals surface area contributed by atoms with Crippen LogP contribution in [-0.2, 0) is 6.54 Å². The summed E-state index contributed by atoms with van der Waals surface area (Å²) in [5, 5.41) is 25.8. The summed E-state index contributed by atoms with van der Waals surface area (Å²) < 4.78 is 29.9. The molecule has 2 atom stereocenters. The first-order chi connectivity index (χ1) is 14.8. The van der Waals surface area contributed by atoms with Crippen molar-refractivity contribution in [2.24, 2.45) is 5.41 Å². The number of aromatic nitrogens is 4. The maximum atomic E-state index is 12.4. The molecule has 0 spiro atoms. The topological polar surface area (TPSA) is 129 Å². The van der Waals surface area contributed by atoms with Crippen LogP contribution in [0.5, 0.6) is 5.88 Å². The summed E-state index contributed by atoms with van der Waals surface area (Å²) in [7, 11) is 0. The Morgan fingerprint density at radius 1 is 1.32 bits per heavy atom. The number of hydrogen-bond donors (Lipinski definition) is 3. The maximum Gasteiger partial charge on any atom is 0.272 e. The number of nitrogens with one attached hydrogen (secondary N) is 2. The fourth-order valence-corrected chi connectivity index (χ4v) is 3.51. The Morgan fingerprint density at radius 2 is 2.13 bits per heavy atom. The molecule has 2 heterocycles. The lowest BCUT2D eigenvalue weighted by molar-refractivity contribution is 0.00926. The van der Waals surface area contributed by atoms with E-state index in [0.717, 1.165) is 12.8 Å². The molecular weight excluding hydrogens is 408 g/mol. The van der Waals surface area contributed by atoms with Crippen molar-refractivity contribution in [3.8, 4) is 11.9 Å². The zero-order valence-electron chi connectivity index (χ0n) is 17.3. The number of anilines is 2. The smallest absolute Gasteiger partial charge is 0.272 e. The minimum atomic E-state index is -2.61. The van der Waals surface area contributed by atoms with Gasteiger partial charge in [0.15, 0.2) is 6.61 Å². The van der Waals surface area contributed by atoms with Crippen molar-refractivity contribution in [3.63, 3.8) is 0 Å². The third-order valence-corrected chi connectivity index (χ3v) is 5.24. The molecule has 0 aliphatic heterocycles. The van der Waals surface area contributed by atoms with Crippen molar-refractivity contribution in [2.45, 2.75) is 58.2 Å². The van der Waals surface area contributed by atoms with E-state index in [9.17, 15) is 19.1 Å². The second-order valence-electron chi connectivity index (χ2n) is 8.10. The zero-order chi connectivity index (χ0) is 22.4. The van der Waals surface area contributed by atoms with Crippen molar-refractivity contribution < 1.29 is 18.6 Å². The van der Waals surface area contributed by atoms with Crippen molar-refractivity contribution in [3.05, 3.63) is 29.8 Å². The molecule has 3 N–H and O–H groups in total. The molecule has 9 nitrogen and oxygen atoms in total. The van der Waals surface area contributed by atoms with E-state index in [0.29, 0.717) is 23.4 Å². The fourth-order valence-electron chi connectivity index (χ4n) is 3.51. The van der Waals surface area contributed by atoms with E-state index in [2.05, 4.69) is 36.6 Å². The van der Waals surface area contributed by atoms with Crippen LogP contribution in [0.3, 0.4) is 0 Å². The number of alkyl halides is 2. The highest BCUT2D eigenvalue weighted by Crippen LogP contribution is 2.37. The van der Waals surface area contributed by atoms with Gasteiger partial charge < -0.3 is 20.5 Å². The van der Waals surface area contributed by atoms with Crippen molar-refractivity contribution in [1.29, 1.82) is 5.26 Å². The summed E-state index contributed by atoms with van der Waals surface area (Å²) >= 11 is 0. The van der Waals surface area contributed by atoms with E-state index in [1.54, 1.807) is 0 Å². The van der Waals surface area contributed by atoms with Gasteiger partial charge >= 0.3 is 0 Å². The molecule has 166 valence electrons. The van der Waals surface area contributed by atoms with Crippen molar-refractivity contribution in [1.82, 2.24) is 19.9 Å². The first kappa shape index (κ1) is 22.6. The summed E-state index contributed by atoms with van der Waals surface area (Å²) in [5.74, 6) is 0.703. The predicted molar refractivity (Wildman–Crippen MR) is 109 cm³/mol. The molecule has 1 aliphatic rings. The largest absolute Gasteiger partial charge is 0.471 e. The van der Waals surface area contributed by atoms with E-state index in [1.807, 2.05) is 13.8 Å². The lowest BCUT2D eigenvalue weighted by atomic mass is 9.73. The van der Waals surface area contributed by atoms with Gasteiger partial charge in [0.05, 0.1) is 17.9 Å². The van der Waals surface area contributed by atoms with Crippen LogP contribution in [0, 0.1) is 16.7 Å². The Balaban J connectivity index is 1.70. The number of hydrogen-bond acceptors (Lipinski definition) is 9. The normalized spacial score (nSPS) is 20.2. The third kappa shape index (κ3) is 5.95. The van der Waals surface area contributed by atoms with Gasteiger partial charge in [-0.05, 0) is 24.7 Å². The molecule has 0 unspecified atom stereocenters. The molecule has 3 rings (SSSR count). The molecule has 31 heavy (non-hydrogen) atoms. The lowest BCUT2D eigenvalue weighted by Gasteiger charge is -2.40.